The summed E-state index contributed by atoms with van der Waals surface area (Å²) in [5.41, 5.74) is 2.48. The van der Waals surface area contributed by atoms with Crippen LogP contribution in [0.4, 0.5) is 0 Å². The van der Waals surface area contributed by atoms with E-state index in [1.54, 1.807) is 11.3 Å². The first-order valence-corrected chi connectivity index (χ1v) is 8.13. The number of carbonyl (C=O) groups is 1. The van der Waals surface area contributed by atoms with Crippen LogP contribution in [0.1, 0.15) is 21.9 Å². The predicted octanol–water partition coefficient (Wildman–Crippen LogP) is 4.10. The van der Waals surface area contributed by atoms with Crippen molar-refractivity contribution >= 4 is 28.8 Å². The number of benzene rings is 1. The van der Waals surface area contributed by atoms with Gasteiger partial charge in [-0.15, -0.1) is 11.3 Å². The fourth-order valence-corrected chi connectivity index (χ4v) is 4.18. The zero-order valence-corrected chi connectivity index (χ0v) is 13.2. The molecular weight excluding hydrogens is 302 g/mol. The molecule has 2 nitrogen and oxygen atoms in total. The van der Waals surface area contributed by atoms with Crippen LogP contribution in [0.2, 0.25) is 4.34 Å². The largest absolute Gasteiger partial charge is 0.338 e. The van der Waals surface area contributed by atoms with Crippen LogP contribution in [-0.4, -0.2) is 23.9 Å². The van der Waals surface area contributed by atoms with Gasteiger partial charge in [0.1, 0.15) is 0 Å². The van der Waals surface area contributed by atoms with E-state index in [9.17, 15) is 4.79 Å². The van der Waals surface area contributed by atoms with E-state index < -0.39 is 0 Å². The number of nitrogens with zero attached hydrogens (tertiary/aromatic N) is 1. The lowest BCUT2D eigenvalue weighted by molar-refractivity contribution is -0.126. The average molecular weight is 318 g/mol. The van der Waals surface area contributed by atoms with Crippen LogP contribution >= 0.6 is 22.9 Å². The van der Waals surface area contributed by atoms with Crippen molar-refractivity contribution in [1.82, 2.24) is 4.90 Å². The van der Waals surface area contributed by atoms with Crippen molar-refractivity contribution in [2.24, 2.45) is 0 Å². The molecule has 1 aromatic carbocycles. The van der Waals surface area contributed by atoms with E-state index in [0.29, 0.717) is 6.54 Å². The second-order valence-corrected chi connectivity index (χ2v) is 6.90. The Kier molecular flexibility index (Phi) is 4.13. The molecule has 0 unspecified atom stereocenters. The third kappa shape index (κ3) is 2.89. The monoisotopic (exact) mass is 317 g/mol. The molecule has 0 aliphatic carbocycles. The standard InChI is InChI=1S/C17H16ClNOS/c1-2-17(20)19-9-8-15-13(10-16(18)21-15)14(11-19)12-6-4-3-5-7-12/h2-7,10,14H,1,8-9,11H2/t14-/m0/s1. The normalized spacial score (nSPS) is 18.0. The second kappa shape index (κ2) is 6.04. The smallest absolute Gasteiger partial charge is 0.245 e. The van der Waals surface area contributed by atoms with E-state index in [2.05, 4.69) is 24.8 Å². The van der Waals surface area contributed by atoms with Gasteiger partial charge in [0.05, 0.1) is 4.34 Å². The Morgan fingerprint density at radius 3 is 2.86 bits per heavy atom. The van der Waals surface area contributed by atoms with Crippen molar-refractivity contribution in [3.05, 3.63) is 69.4 Å². The van der Waals surface area contributed by atoms with Crippen LogP contribution in [0.25, 0.3) is 0 Å². The summed E-state index contributed by atoms with van der Waals surface area (Å²) in [5, 5.41) is 0. The summed E-state index contributed by atoms with van der Waals surface area (Å²) < 4.78 is 0.824. The molecule has 0 saturated heterocycles. The zero-order chi connectivity index (χ0) is 14.8. The Bertz CT molecular complexity index is 665. The van der Waals surface area contributed by atoms with Gasteiger partial charge in [0, 0.05) is 23.9 Å². The van der Waals surface area contributed by atoms with Gasteiger partial charge in [-0.05, 0) is 29.7 Å². The van der Waals surface area contributed by atoms with Crippen molar-refractivity contribution in [3.63, 3.8) is 0 Å². The van der Waals surface area contributed by atoms with E-state index in [0.717, 1.165) is 17.3 Å². The number of halogens is 1. The maximum absolute atomic E-state index is 12.0. The lowest BCUT2D eigenvalue weighted by Crippen LogP contribution is -2.33. The maximum atomic E-state index is 12.0. The van der Waals surface area contributed by atoms with Crippen LogP contribution in [0.3, 0.4) is 0 Å². The van der Waals surface area contributed by atoms with Gasteiger partial charge >= 0.3 is 0 Å². The minimum absolute atomic E-state index is 0.00261. The minimum atomic E-state index is -0.00261. The van der Waals surface area contributed by atoms with Crippen LogP contribution in [0.15, 0.2) is 49.1 Å². The van der Waals surface area contributed by atoms with E-state index >= 15 is 0 Å². The van der Waals surface area contributed by atoms with Gasteiger partial charge in [-0.3, -0.25) is 4.79 Å². The first-order valence-electron chi connectivity index (χ1n) is 6.93. The van der Waals surface area contributed by atoms with Gasteiger partial charge in [-0.25, -0.2) is 0 Å². The van der Waals surface area contributed by atoms with Crippen LogP contribution in [0, 0.1) is 0 Å². The number of thiophene rings is 1. The van der Waals surface area contributed by atoms with Gasteiger partial charge in [0.15, 0.2) is 0 Å². The highest BCUT2D eigenvalue weighted by atomic mass is 35.5. The highest BCUT2D eigenvalue weighted by molar-refractivity contribution is 7.16. The Hall–Kier alpha value is -1.58. The molecule has 1 atom stereocenters. The maximum Gasteiger partial charge on any atom is 0.245 e. The molecule has 0 radical (unpaired) electrons. The Labute approximate surface area is 133 Å². The van der Waals surface area contributed by atoms with E-state index in [1.807, 2.05) is 23.1 Å². The molecule has 3 rings (SSSR count). The minimum Gasteiger partial charge on any atom is -0.338 e. The molecule has 1 aromatic heterocycles. The van der Waals surface area contributed by atoms with Crippen molar-refractivity contribution in [3.8, 4) is 0 Å². The summed E-state index contributed by atoms with van der Waals surface area (Å²) in [5.74, 6) is 0.175. The molecule has 1 amide bonds. The number of fused-ring (bicyclic) bond motifs is 1. The highest BCUT2D eigenvalue weighted by Gasteiger charge is 2.27. The number of carbonyl (C=O) groups excluding carboxylic acids is 1. The lowest BCUT2D eigenvalue weighted by Gasteiger charge is -2.24. The number of rotatable bonds is 2. The van der Waals surface area contributed by atoms with Crippen molar-refractivity contribution in [1.29, 1.82) is 0 Å². The van der Waals surface area contributed by atoms with Crippen LogP contribution < -0.4 is 0 Å². The Morgan fingerprint density at radius 1 is 1.38 bits per heavy atom. The molecule has 108 valence electrons. The molecule has 1 aliphatic rings. The third-order valence-corrected chi connectivity index (χ3v) is 5.23. The van der Waals surface area contributed by atoms with E-state index in [1.165, 1.54) is 22.1 Å². The summed E-state index contributed by atoms with van der Waals surface area (Å²) in [6.45, 7) is 5.00. The molecule has 2 aromatic rings. The number of hydrogen-bond donors (Lipinski definition) is 0. The average Bonchev–Trinajstić information content (AvgIpc) is 2.79. The Morgan fingerprint density at radius 2 is 2.14 bits per heavy atom. The highest BCUT2D eigenvalue weighted by Crippen LogP contribution is 2.38. The number of amides is 1. The molecular formula is C17H16ClNOS. The van der Waals surface area contributed by atoms with Gasteiger partial charge < -0.3 is 4.90 Å². The lowest BCUT2D eigenvalue weighted by atomic mass is 9.91. The molecule has 0 fully saturated rings. The first-order chi connectivity index (χ1) is 10.2. The summed E-state index contributed by atoms with van der Waals surface area (Å²) in [7, 11) is 0. The summed E-state index contributed by atoms with van der Waals surface area (Å²) in [6.07, 6.45) is 2.25. The molecule has 2 heterocycles. The molecule has 0 bridgehead atoms. The topological polar surface area (TPSA) is 20.3 Å². The van der Waals surface area contributed by atoms with E-state index in [4.69, 9.17) is 11.6 Å². The SMILES string of the molecule is C=CC(=O)N1CCc2sc(Cl)cc2[C@H](c2ccccc2)C1. The summed E-state index contributed by atoms with van der Waals surface area (Å²) in [6, 6.07) is 12.4. The molecule has 21 heavy (non-hydrogen) atoms. The first kappa shape index (κ1) is 14.4. The second-order valence-electron chi connectivity index (χ2n) is 5.13. The fraction of sp³-hybridized carbons (Fsp3) is 0.235. The quantitative estimate of drug-likeness (QED) is 0.763. The molecule has 0 N–H and O–H groups in total. The summed E-state index contributed by atoms with van der Waals surface area (Å²) >= 11 is 7.83. The van der Waals surface area contributed by atoms with Crippen LogP contribution in [0.5, 0.6) is 0 Å². The van der Waals surface area contributed by atoms with Gasteiger partial charge in [-0.2, -0.15) is 0 Å². The zero-order valence-electron chi connectivity index (χ0n) is 11.6. The third-order valence-electron chi connectivity index (χ3n) is 3.89. The van der Waals surface area contributed by atoms with Gasteiger partial charge in [0.2, 0.25) is 5.91 Å². The molecule has 1 aliphatic heterocycles. The van der Waals surface area contributed by atoms with Crippen LogP contribution in [-0.2, 0) is 11.2 Å². The van der Waals surface area contributed by atoms with Crippen molar-refractivity contribution in [2.75, 3.05) is 13.1 Å². The molecule has 0 spiro atoms. The van der Waals surface area contributed by atoms with Gasteiger partial charge in [0.25, 0.3) is 0 Å². The van der Waals surface area contributed by atoms with E-state index in [-0.39, 0.29) is 11.8 Å². The number of hydrogen-bond acceptors (Lipinski definition) is 2. The van der Waals surface area contributed by atoms with Gasteiger partial charge in [-0.1, -0.05) is 48.5 Å². The molecule has 0 saturated carbocycles. The Balaban J connectivity index is 2.03. The summed E-state index contributed by atoms with van der Waals surface area (Å²) in [4.78, 5) is 15.2. The van der Waals surface area contributed by atoms with Crippen molar-refractivity contribution in [2.45, 2.75) is 12.3 Å². The predicted molar refractivity (Wildman–Crippen MR) is 88.1 cm³/mol. The van der Waals surface area contributed by atoms with Crippen molar-refractivity contribution < 1.29 is 4.79 Å². The molecule has 4 heteroatoms. The fourth-order valence-electron chi connectivity index (χ4n) is 2.85.